The zero-order chi connectivity index (χ0) is 34.8. The Balaban J connectivity index is 1.09. The van der Waals surface area contributed by atoms with Gasteiger partial charge >= 0.3 is 6.09 Å². The van der Waals surface area contributed by atoms with Gasteiger partial charge in [-0.05, 0) is 40.6 Å². The number of amides is 1. The zero-order valence-corrected chi connectivity index (χ0v) is 29.0. The first-order valence-corrected chi connectivity index (χ1v) is 18.4. The van der Waals surface area contributed by atoms with Crippen LogP contribution in [0.2, 0.25) is 0 Å². The first kappa shape index (κ1) is 33.0. The number of nitrogens with one attached hydrogen (secondary N) is 1. The molecule has 12 nitrogen and oxygen atoms in total. The van der Waals surface area contributed by atoms with E-state index in [1.165, 1.54) is 0 Å². The molecule has 0 atom stereocenters. The van der Waals surface area contributed by atoms with Gasteiger partial charge in [0.05, 0.1) is 11.9 Å². The predicted octanol–water partition coefficient (Wildman–Crippen LogP) is 5.94. The van der Waals surface area contributed by atoms with E-state index in [0.717, 1.165) is 50.7 Å². The number of pyridine rings is 1. The lowest BCUT2D eigenvalue weighted by molar-refractivity contribution is 0.0942. The topological polar surface area (TPSA) is 135 Å². The highest BCUT2D eigenvalue weighted by Gasteiger charge is 2.24. The van der Waals surface area contributed by atoms with E-state index < -0.39 is 9.84 Å². The van der Waals surface area contributed by atoms with Crippen LogP contribution < -0.4 is 10.2 Å². The molecule has 1 N–H and O–H groups in total. The highest BCUT2D eigenvalue weighted by molar-refractivity contribution is 7.90. The number of ether oxygens (including phenoxy) is 1. The van der Waals surface area contributed by atoms with Gasteiger partial charge in [0.15, 0.2) is 5.65 Å². The Labute approximate surface area is 290 Å². The molecule has 0 bridgehead atoms. The van der Waals surface area contributed by atoms with Crippen LogP contribution in [-0.2, 0) is 27.7 Å². The Morgan fingerprint density at radius 1 is 0.940 bits per heavy atom. The molecule has 1 saturated heterocycles. The minimum atomic E-state index is -3.67. The van der Waals surface area contributed by atoms with Crippen molar-refractivity contribution in [2.45, 2.75) is 38.1 Å². The second kappa shape index (κ2) is 13.7. The van der Waals surface area contributed by atoms with Crippen LogP contribution in [0.5, 0.6) is 0 Å². The fourth-order valence-corrected chi connectivity index (χ4v) is 6.68. The molecule has 0 aliphatic carbocycles. The van der Waals surface area contributed by atoms with Crippen LogP contribution in [0.1, 0.15) is 36.5 Å². The normalized spacial score (nSPS) is 13.7. The molecule has 256 valence electrons. The van der Waals surface area contributed by atoms with Crippen LogP contribution >= 0.6 is 0 Å². The highest BCUT2D eigenvalue weighted by atomic mass is 32.2. The molecule has 0 radical (unpaired) electrons. The van der Waals surface area contributed by atoms with Gasteiger partial charge in [-0.3, -0.25) is 4.98 Å². The minimum absolute atomic E-state index is 0.0971. The molecule has 1 aliphatic heterocycles. The number of hydrogen-bond donors (Lipinski definition) is 1. The number of anilines is 2. The molecule has 50 heavy (non-hydrogen) atoms. The standard InChI is InChI=1S/C37H38N8O4S/c1-25(2)32-23-40-45-34(32)41-36(50(3,47)48)42-35(45)39-22-28-11-7-8-12-30(28)33-31-14-13-29(21-27(31)15-16-38-33)43-17-19-44(20-18-43)37(46)49-24-26-9-5-4-6-10-26/h4-16,21,23,25H,17-20,22,24H2,1-3H3,(H,39,41,42). The summed E-state index contributed by atoms with van der Waals surface area (Å²) in [4.78, 5) is 30.2. The lowest BCUT2D eigenvalue weighted by Gasteiger charge is -2.35. The molecule has 1 aliphatic rings. The Kier molecular flexibility index (Phi) is 9.06. The number of carbonyl (C=O) groups is 1. The maximum absolute atomic E-state index is 12.7. The van der Waals surface area contributed by atoms with Gasteiger partial charge in [-0.15, -0.1) is 0 Å². The Morgan fingerprint density at radius 2 is 1.70 bits per heavy atom. The number of carbonyl (C=O) groups excluding carboxylic acids is 1. The van der Waals surface area contributed by atoms with Crippen LogP contribution in [-0.4, -0.2) is 76.4 Å². The van der Waals surface area contributed by atoms with Crippen LogP contribution in [0.4, 0.5) is 16.4 Å². The summed E-state index contributed by atoms with van der Waals surface area (Å²) in [6, 6.07) is 26.1. The molecule has 1 amide bonds. The number of aromatic nitrogens is 5. The van der Waals surface area contributed by atoms with Crippen LogP contribution in [0, 0.1) is 0 Å². The summed E-state index contributed by atoms with van der Waals surface area (Å²) in [6.45, 7) is 7.18. The van der Waals surface area contributed by atoms with E-state index in [9.17, 15) is 13.2 Å². The first-order valence-electron chi connectivity index (χ1n) is 16.5. The summed E-state index contributed by atoms with van der Waals surface area (Å²) in [5.74, 6) is 0.386. The fourth-order valence-electron chi connectivity index (χ4n) is 6.18. The summed E-state index contributed by atoms with van der Waals surface area (Å²) in [7, 11) is -3.67. The predicted molar refractivity (Wildman–Crippen MR) is 193 cm³/mol. The molecule has 3 aromatic heterocycles. The van der Waals surface area contributed by atoms with Crippen molar-refractivity contribution in [1.29, 1.82) is 0 Å². The number of fused-ring (bicyclic) bond motifs is 2. The van der Waals surface area contributed by atoms with E-state index in [2.05, 4.69) is 43.5 Å². The van der Waals surface area contributed by atoms with E-state index in [-0.39, 0.29) is 29.7 Å². The van der Waals surface area contributed by atoms with Crippen molar-refractivity contribution in [3.63, 3.8) is 0 Å². The monoisotopic (exact) mass is 690 g/mol. The van der Waals surface area contributed by atoms with Gasteiger partial charge in [0.2, 0.25) is 15.8 Å². The quantitative estimate of drug-likeness (QED) is 0.194. The molecule has 6 aromatic rings. The molecule has 1 fully saturated rings. The molecule has 4 heterocycles. The van der Waals surface area contributed by atoms with Crippen molar-refractivity contribution in [2.24, 2.45) is 0 Å². The fraction of sp³-hybridized carbons (Fsp3) is 0.270. The summed E-state index contributed by atoms with van der Waals surface area (Å²) in [6.07, 6.45) is 4.33. The Morgan fingerprint density at radius 3 is 2.46 bits per heavy atom. The average Bonchev–Trinajstić information content (AvgIpc) is 3.58. The minimum Gasteiger partial charge on any atom is -0.445 e. The van der Waals surface area contributed by atoms with Gasteiger partial charge in [0.25, 0.3) is 5.16 Å². The number of piperazine rings is 1. The zero-order valence-electron chi connectivity index (χ0n) is 28.2. The molecule has 0 saturated carbocycles. The second-order valence-corrected chi connectivity index (χ2v) is 14.6. The third-order valence-electron chi connectivity index (χ3n) is 8.89. The van der Waals surface area contributed by atoms with E-state index >= 15 is 0 Å². The SMILES string of the molecule is CC(C)c1cnn2c(NCc3ccccc3-c3nccc4cc(N5CCN(C(=O)OCc6ccccc6)CC5)ccc34)nc(S(C)(=O)=O)nc12. The molecular formula is C37H38N8O4S. The number of nitrogens with zero attached hydrogens (tertiary/aromatic N) is 7. The number of hydrogen-bond acceptors (Lipinski definition) is 10. The van der Waals surface area contributed by atoms with Crippen LogP contribution in [0.15, 0.2) is 96.4 Å². The van der Waals surface area contributed by atoms with Gasteiger partial charge < -0.3 is 19.9 Å². The first-order chi connectivity index (χ1) is 24.2. The molecule has 7 rings (SSSR count). The molecule has 0 spiro atoms. The molecule has 3 aromatic carbocycles. The lowest BCUT2D eigenvalue weighted by atomic mass is 9.99. The van der Waals surface area contributed by atoms with Crippen LogP contribution in [0.3, 0.4) is 0 Å². The van der Waals surface area contributed by atoms with Gasteiger partial charge in [0.1, 0.15) is 6.61 Å². The molecular weight excluding hydrogens is 653 g/mol. The van der Waals surface area contributed by atoms with Crippen molar-refractivity contribution in [2.75, 3.05) is 42.7 Å². The van der Waals surface area contributed by atoms with Crippen LogP contribution in [0.25, 0.3) is 27.7 Å². The Hall–Kier alpha value is -5.56. The smallest absolute Gasteiger partial charge is 0.410 e. The third-order valence-corrected chi connectivity index (χ3v) is 9.74. The average molecular weight is 691 g/mol. The summed E-state index contributed by atoms with van der Waals surface area (Å²) >= 11 is 0. The summed E-state index contributed by atoms with van der Waals surface area (Å²) < 4.78 is 32.1. The van der Waals surface area contributed by atoms with E-state index in [1.54, 1.807) is 15.6 Å². The Bertz CT molecular complexity index is 2280. The van der Waals surface area contributed by atoms with Crippen molar-refractivity contribution in [3.05, 3.63) is 108 Å². The second-order valence-electron chi connectivity index (χ2n) is 12.7. The van der Waals surface area contributed by atoms with Crippen molar-refractivity contribution < 1.29 is 17.9 Å². The number of benzene rings is 3. The van der Waals surface area contributed by atoms with E-state index in [0.29, 0.717) is 38.4 Å². The molecule has 13 heteroatoms. The number of rotatable bonds is 9. The van der Waals surface area contributed by atoms with E-state index in [1.807, 2.05) is 80.7 Å². The van der Waals surface area contributed by atoms with Crippen molar-refractivity contribution >= 4 is 44.0 Å². The van der Waals surface area contributed by atoms with Gasteiger partial charge in [0, 0.05) is 67.4 Å². The maximum atomic E-state index is 12.7. The van der Waals surface area contributed by atoms with Crippen molar-refractivity contribution in [3.8, 4) is 11.3 Å². The largest absolute Gasteiger partial charge is 0.445 e. The maximum Gasteiger partial charge on any atom is 0.410 e. The van der Waals surface area contributed by atoms with Crippen molar-refractivity contribution in [1.82, 2.24) is 29.5 Å². The third kappa shape index (κ3) is 6.81. The highest BCUT2D eigenvalue weighted by Crippen LogP contribution is 2.32. The van der Waals surface area contributed by atoms with E-state index in [4.69, 9.17) is 9.72 Å². The van der Waals surface area contributed by atoms with Gasteiger partial charge in [-0.1, -0.05) is 74.5 Å². The molecule has 0 unspecified atom stereocenters. The van der Waals surface area contributed by atoms with Gasteiger partial charge in [-0.25, -0.2) is 13.2 Å². The summed E-state index contributed by atoms with van der Waals surface area (Å²) in [5.41, 5.74) is 6.08. The lowest BCUT2D eigenvalue weighted by Crippen LogP contribution is -2.48. The van der Waals surface area contributed by atoms with Gasteiger partial charge in [-0.2, -0.15) is 19.6 Å². The summed E-state index contributed by atoms with van der Waals surface area (Å²) in [5, 5.41) is 9.59. The number of sulfone groups is 1.